The van der Waals surface area contributed by atoms with Crippen molar-refractivity contribution >= 4 is 17.9 Å². The number of urea groups is 1. The molecular formula is C11H15N3O4. The van der Waals surface area contributed by atoms with Crippen molar-refractivity contribution in [2.24, 2.45) is 7.05 Å². The number of imide groups is 1. The fraction of sp³-hybridized carbons (Fsp3) is 0.364. The fourth-order valence-electron chi connectivity index (χ4n) is 1.25. The van der Waals surface area contributed by atoms with E-state index in [1.807, 2.05) is 5.32 Å². The molecule has 1 rings (SSSR count). The third-order valence-corrected chi connectivity index (χ3v) is 2.08. The molecule has 0 atom stereocenters. The van der Waals surface area contributed by atoms with Gasteiger partial charge in [0.2, 0.25) is 0 Å². The molecule has 0 bridgehead atoms. The predicted octanol–water partition coefficient (Wildman–Crippen LogP) is 0.0276. The quantitative estimate of drug-likeness (QED) is 0.741. The molecule has 0 aliphatic heterocycles. The van der Waals surface area contributed by atoms with E-state index in [4.69, 9.17) is 4.74 Å². The maximum atomic E-state index is 11.5. The van der Waals surface area contributed by atoms with Crippen LogP contribution in [0, 0.1) is 0 Å². The molecular weight excluding hydrogens is 238 g/mol. The van der Waals surface area contributed by atoms with Crippen molar-refractivity contribution in [3.8, 4) is 0 Å². The Bertz CT molecular complexity index is 453. The van der Waals surface area contributed by atoms with Crippen molar-refractivity contribution < 1.29 is 19.1 Å². The monoisotopic (exact) mass is 253 g/mol. The first kappa shape index (κ1) is 13.8. The highest BCUT2D eigenvalue weighted by Crippen LogP contribution is 2.01. The number of aromatic nitrogens is 1. The molecule has 0 aliphatic carbocycles. The lowest BCUT2D eigenvalue weighted by atomic mass is 10.4. The molecule has 7 heteroatoms. The van der Waals surface area contributed by atoms with E-state index in [2.05, 4.69) is 5.32 Å². The van der Waals surface area contributed by atoms with Crippen LogP contribution in [0.1, 0.15) is 17.4 Å². The molecule has 98 valence electrons. The average molecular weight is 253 g/mol. The topological polar surface area (TPSA) is 89.4 Å². The van der Waals surface area contributed by atoms with E-state index in [1.54, 1.807) is 36.9 Å². The molecule has 0 saturated carbocycles. The molecule has 0 radical (unpaired) electrons. The predicted molar refractivity (Wildman–Crippen MR) is 62.9 cm³/mol. The van der Waals surface area contributed by atoms with E-state index in [0.29, 0.717) is 12.2 Å². The first-order valence-corrected chi connectivity index (χ1v) is 5.40. The number of hydrogen-bond acceptors (Lipinski definition) is 4. The summed E-state index contributed by atoms with van der Waals surface area (Å²) in [6, 6.07) is 2.65. The van der Waals surface area contributed by atoms with Gasteiger partial charge in [-0.3, -0.25) is 10.1 Å². The van der Waals surface area contributed by atoms with Crippen LogP contribution >= 0.6 is 0 Å². The van der Waals surface area contributed by atoms with Crippen molar-refractivity contribution in [3.63, 3.8) is 0 Å². The molecule has 1 aromatic heterocycles. The standard InChI is InChI=1S/C11H15N3O4/c1-3-12-11(17)13-9(15)7-18-10(16)8-5-4-6-14(8)2/h4-6H,3,7H2,1-2H3,(H2,12,13,15,17). The minimum atomic E-state index is -0.677. The summed E-state index contributed by atoms with van der Waals surface area (Å²) in [4.78, 5) is 33.7. The van der Waals surface area contributed by atoms with Crippen LogP contribution < -0.4 is 10.6 Å². The molecule has 0 saturated heterocycles. The van der Waals surface area contributed by atoms with Gasteiger partial charge in [0.15, 0.2) is 6.61 Å². The van der Waals surface area contributed by atoms with Gasteiger partial charge in [-0.15, -0.1) is 0 Å². The second kappa shape index (κ2) is 6.43. The van der Waals surface area contributed by atoms with Gasteiger partial charge in [0.25, 0.3) is 5.91 Å². The zero-order valence-electron chi connectivity index (χ0n) is 10.2. The maximum absolute atomic E-state index is 11.5. The highest BCUT2D eigenvalue weighted by Gasteiger charge is 2.13. The second-order valence-electron chi connectivity index (χ2n) is 3.49. The van der Waals surface area contributed by atoms with Gasteiger partial charge in [0.1, 0.15) is 5.69 Å². The Hall–Kier alpha value is -2.31. The number of nitrogens with zero attached hydrogens (tertiary/aromatic N) is 1. The number of aryl methyl sites for hydroxylation is 1. The number of ether oxygens (including phenoxy) is 1. The summed E-state index contributed by atoms with van der Waals surface area (Å²) in [7, 11) is 1.69. The molecule has 1 aromatic rings. The van der Waals surface area contributed by atoms with E-state index in [0.717, 1.165) is 0 Å². The minimum Gasteiger partial charge on any atom is -0.451 e. The van der Waals surface area contributed by atoms with Crippen molar-refractivity contribution in [1.82, 2.24) is 15.2 Å². The van der Waals surface area contributed by atoms with Crippen LogP contribution in [0.5, 0.6) is 0 Å². The highest BCUT2D eigenvalue weighted by atomic mass is 16.5. The molecule has 0 aromatic carbocycles. The number of amides is 3. The number of rotatable bonds is 4. The minimum absolute atomic E-state index is 0.334. The number of esters is 1. The van der Waals surface area contributed by atoms with Crippen molar-refractivity contribution in [1.29, 1.82) is 0 Å². The summed E-state index contributed by atoms with van der Waals surface area (Å²) in [5.41, 5.74) is 0.334. The third-order valence-electron chi connectivity index (χ3n) is 2.08. The normalized spacial score (nSPS) is 9.67. The Balaban J connectivity index is 2.37. The first-order valence-electron chi connectivity index (χ1n) is 5.40. The van der Waals surface area contributed by atoms with E-state index in [9.17, 15) is 14.4 Å². The van der Waals surface area contributed by atoms with Crippen LogP contribution in [0.2, 0.25) is 0 Å². The van der Waals surface area contributed by atoms with Gasteiger partial charge >= 0.3 is 12.0 Å². The van der Waals surface area contributed by atoms with Gasteiger partial charge in [0.05, 0.1) is 0 Å². The van der Waals surface area contributed by atoms with Gasteiger partial charge in [-0.05, 0) is 19.1 Å². The fourth-order valence-corrected chi connectivity index (χ4v) is 1.25. The van der Waals surface area contributed by atoms with Gasteiger partial charge in [-0.1, -0.05) is 0 Å². The highest BCUT2D eigenvalue weighted by molar-refractivity contribution is 5.96. The summed E-state index contributed by atoms with van der Waals surface area (Å²) in [6.07, 6.45) is 1.69. The smallest absolute Gasteiger partial charge is 0.355 e. The van der Waals surface area contributed by atoms with Crippen LogP contribution in [0.15, 0.2) is 18.3 Å². The first-order chi connectivity index (χ1) is 8.54. The Labute approximate surface area is 104 Å². The summed E-state index contributed by atoms with van der Waals surface area (Å²) in [5.74, 6) is -1.29. The van der Waals surface area contributed by atoms with Crippen LogP contribution in [-0.2, 0) is 16.6 Å². The SMILES string of the molecule is CCNC(=O)NC(=O)COC(=O)c1cccn1C. The van der Waals surface area contributed by atoms with Crippen molar-refractivity contribution in [2.45, 2.75) is 6.92 Å². The van der Waals surface area contributed by atoms with E-state index >= 15 is 0 Å². The second-order valence-corrected chi connectivity index (χ2v) is 3.49. The zero-order valence-corrected chi connectivity index (χ0v) is 10.2. The molecule has 3 amide bonds. The number of nitrogens with one attached hydrogen (secondary N) is 2. The van der Waals surface area contributed by atoms with Crippen molar-refractivity contribution in [2.75, 3.05) is 13.2 Å². The van der Waals surface area contributed by atoms with Gasteiger partial charge in [-0.2, -0.15) is 0 Å². The van der Waals surface area contributed by atoms with E-state index in [1.165, 1.54) is 0 Å². The molecule has 7 nitrogen and oxygen atoms in total. The van der Waals surface area contributed by atoms with Gasteiger partial charge in [-0.25, -0.2) is 9.59 Å². The molecule has 0 aliphatic rings. The van der Waals surface area contributed by atoms with Gasteiger partial charge in [0, 0.05) is 19.8 Å². The Morgan fingerprint density at radius 1 is 1.39 bits per heavy atom. The molecule has 18 heavy (non-hydrogen) atoms. The average Bonchev–Trinajstić information content (AvgIpc) is 2.72. The molecule has 0 unspecified atom stereocenters. The Morgan fingerprint density at radius 2 is 2.11 bits per heavy atom. The lowest BCUT2D eigenvalue weighted by Gasteiger charge is -2.06. The Kier molecular flexibility index (Phi) is 4.91. The summed E-state index contributed by atoms with van der Waals surface area (Å²) >= 11 is 0. The summed E-state index contributed by atoms with van der Waals surface area (Å²) < 4.78 is 6.33. The lowest BCUT2D eigenvalue weighted by molar-refractivity contribution is -0.123. The molecule has 2 N–H and O–H groups in total. The zero-order chi connectivity index (χ0) is 13.5. The number of hydrogen-bond donors (Lipinski definition) is 2. The maximum Gasteiger partial charge on any atom is 0.355 e. The largest absolute Gasteiger partial charge is 0.451 e. The van der Waals surface area contributed by atoms with Gasteiger partial charge < -0.3 is 14.6 Å². The molecule has 0 fully saturated rings. The van der Waals surface area contributed by atoms with Crippen LogP contribution in [0.4, 0.5) is 4.79 Å². The van der Waals surface area contributed by atoms with Crippen molar-refractivity contribution in [3.05, 3.63) is 24.0 Å². The summed E-state index contributed by atoms with van der Waals surface area (Å²) in [5, 5.41) is 4.41. The Morgan fingerprint density at radius 3 is 2.67 bits per heavy atom. The number of carbonyl (C=O) groups is 3. The van der Waals surface area contributed by atoms with E-state index in [-0.39, 0.29) is 0 Å². The van der Waals surface area contributed by atoms with Crippen LogP contribution in [-0.4, -0.2) is 35.6 Å². The molecule has 0 spiro atoms. The third kappa shape index (κ3) is 3.93. The van der Waals surface area contributed by atoms with Crippen LogP contribution in [0.3, 0.4) is 0 Å². The molecule has 1 heterocycles. The summed E-state index contributed by atoms with van der Waals surface area (Å²) in [6.45, 7) is 1.63. The van der Waals surface area contributed by atoms with Crippen LogP contribution in [0.25, 0.3) is 0 Å². The lowest BCUT2D eigenvalue weighted by Crippen LogP contribution is -2.41. The van der Waals surface area contributed by atoms with E-state index < -0.39 is 24.5 Å². The number of carbonyl (C=O) groups excluding carboxylic acids is 3.